The Morgan fingerprint density at radius 1 is 1.20 bits per heavy atom. The lowest BCUT2D eigenvalue weighted by Gasteiger charge is -2.13. The Kier molecular flexibility index (Phi) is 5.79. The van der Waals surface area contributed by atoms with Crippen LogP contribution >= 0.6 is 0 Å². The van der Waals surface area contributed by atoms with E-state index < -0.39 is 0 Å². The third-order valence-electron chi connectivity index (χ3n) is 5.98. The molecule has 1 aliphatic heterocycles. The van der Waals surface area contributed by atoms with Crippen molar-refractivity contribution >= 4 is 22.5 Å². The van der Waals surface area contributed by atoms with Crippen molar-refractivity contribution in [3.8, 4) is 5.75 Å². The largest absolute Gasteiger partial charge is 0.491 e. The second-order valence-electron chi connectivity index (χ2n) is 7.85. The van der Waals surface area contributed by atoms with Crippen LogP contribution in [0.15, 0.2) is 36.4 Å². The Morgan fingerprint density at radius 2 is 1.97 bits per heavy atom. The predicted octanol–water partition coefficient (Wildman–Crippen LogP) is 4.10. The van der Waals surface area contributed by atoms with Crippen molar-refractivity contribution in [2.24, 2.45) is 7.05 Å². The molecule has 0 bridgehead atoms. The van der Waals surface area contributed by atoms with Crippen LogP contribution in [0.5, 0.6) is 5.75 Å². The molecule has 0 unspecified atom stereocenters. The third kappa shape index (κ3) is 3.80. The molecule has 4 rings (SSSR count). The number of anilines is 1. The maximum Gasteiger partial charge on any atom is 0.255 e. The molecule has 1 atom stereocenters. The number of nitrogens with one attached hydrogen (secondary N) is 1. The minimum atomic E-state index is -0.170. The van der Waals surface area contributed by atoms with Gasteiger partial charge in [0.05, 0.1) is 18.2 Å². The van der Waals surface area contributed by atoms with Crippen molar-refractivity contribution in [1.29, 1.82) is 0 Å². The molecular formula is C24H28N2O4. The van der Waals surface area contributed by atoms with Gasteiger partial charge in [-0.1, -0.05) is 6.07 Å². The monoisotopic (exact) mass is 408 g/mol. The lowest BCUT2D eigenvalue weighted by Crippen LogP contribution is -2.16. The number of fused-ring (bicyclic) bond motifs is 1. The topological polar surface area (TPSA) is 72.7 Å². The number of ether oxygens (including phenoxy) is 2. The van der Waals surface area contributed by atoms with Gasteiger partial charge in [-0.15, -0.1) is 0 Å². The van der Waals surface area contributed by atoms with Crippen LogP contribution in [0.4, 0.5) is 5.69 Å². The zero-order valence-electron chi connectivity index (χ0n) is 17.7. The fraction of sp³-hybridized carbons (Fsp3) is 0.375. The van der Waals surface area contributed by atoms with Gasteiger partial charge >= 0.3 is 0 Å². The normalized spacial score (nSPS) is 16.2. The van der Waals surface area contributed by atoms with Gasteiger partial charge in [-0.3, -0.25) is 4.79 Å². The Labute approximate surface area is 176 Å². The number of benzene rings is 2. The lowest BCUT2D eigenvalue weighted by atomic mass is 10.1. The molecule has 0 spiro atoms. The van der Waals surface area contributed by atoms with Gasteiger partial charge in [0.25, 0.3) is 5.91 Å². The number of amides is 1. The molecule has 0 saturated carbocycles. The highest BCUT2D eigenvalue weighted by Crippen LogP contribution is 2.31. The zero-order chi connectivity index (χ0) is 21.3. The Morgan fingerprint density at radius 3 is 2.63 bits per heavy atom. The van der Waals surface area contributed by atoms with E-state index in [-0.39, 0.29) is 18.6 Å². The van der Waals surface area contributed by atoms with Crippen molar-refractivity contribution in [3.05, 3.63) is 58.8 Å². The fourth-order valence-electron chi connectivity index (χ4n) is 4.20. The summed E-state index contributed by atoms with van der Waals surface area (Å²) >= 11 is 0. The molecule has 6 nitrogen and oxygen atoms in total. The Balaban J connectivity index is 1.48. The highest BCUT2D eigenvalue weighted by atomic mass is 16.5. The van der Waals surface area contributed by atoms with Gasteiger partial charge in [0.1, 0.15) is 12.4 Å². The van der Waals surface area contributed by atoms with E-state index in [1.165, 1.54) is 0 Å². The van der Waals surface area contributed by atoms with Crippen LogP contribution in [0.2, 0.25) is 0 Å². The van der Waals surface area contributed by atoms with Gasteiger partial charge in [0, 0.05) is 36.0 Å². The number of nitrogens with zero attached hydrogens (tertiary/aromatic N) is 1. The molecule has 2 N–H and O–H groups in total. The van der Waals surface area contributed by atoms with Crippen molar-refractivity contribution in [2.75, 3.05) is 18.5 Å². The van der Waals surface area contributed by atoms with Crippen LogP contribution < -0.4 is 10.1 Å². The summed E-state index contributed by atoms with van der Waals surface area (Å²) in [6.45, 7) is 5.33. The first-order chi connectivity index (χ1) is 14.5. The van der Waals surface area contributed by atoms with Gasteiger partial charge in [0.2, 0.25) is 0 Å². The molecule has 1 fully saturated rings. The molecule has 0 radical (unpaired) electrons. The summed E-state index contributed by atoms with van der Waals surface area (Å²) in [4.78, 5) is 12.8. The average molecular weight is 408 g/mol. The first kappa shape index (κ1) is 20.4. The number of aryl methyl sites for hydroxylation is 3. The molecule has 1 saturated heterocycles. The maximum atomic E-state index is 12.8. The summed E-state index contributed by atoms with van der Waals surface area (Å²) in [6.07, 6.45) is 2.28. The van der Waals surface area contributed by atoms with Gasteiger partial charge in [-0.05, 0) is 68.1 Å². The highest BCUT2D eigenvalue weighted by molar-refractivity contribution is 6.06. The van der Waals surface area contributed by atoms with Gasteiger partial charge in [-0.25, -0.2) is 0 Å². The molecule has 158 valence electrons. The smallest absolute Gasteiger partial charge is 0.255 e. The molecule has 6 heteroatoms. The summed E-state index contributed by atoms with van der Waals surface area (Å²) in [6, 6.07) is 11.1. The van der Waals surface area contributed by atoms with Crippen molar-refractivity contribution in [1.82, 2.24) is 4.57 Å². The highest BCUT2D eigenvalue weighted by Gasteiger charge is 2.17. The van der Waals surface area contributed by atoms with E-state index >= 15 is 0 Å². The molecule has 3 aromatic rings. The zero-order valence-corrected chi connectivity index (χ0v) is 17.7. The molecule has 0 aliphatic carbocycles. The van der Waals surface area contributed by atoms with E-state index in [4.69, 9.17) is 9.47 Å². The van der Waals surface area contributed by atoms with Crippen LogP contribution in [0.3, 0.4) is 0 Å². The van der Waals surface area contributed by atoms with Crippen LogP contribution in [0.1, 0.15) is 40.0 Å². The fourth-order valence-corrected chi connectivity index (χ4v) is 4.20. The van der Waals surface area contributed by atoms with E-state index in [2.05, 4.69) is 5.32 Å². The first-order valence-corrected chi connectivity index (χ1v) is 10.3. The lowest BCUT2D eigenvalue weighted by molar-refractivity contribution is 0.0679. The quantitative estimate of drug-likeness (QED) is 0.644. The second kappa shape index (κ2) is 8.50. The van der Waals surface area contributed by atoms with Gasteiger partial charge in [0.15, 0.2) is 0 Å². The number of carbonyl (C=O) groups excluding carboxylic acids is 1. The molecule has 1 aliphatic rings. The summed E-state index contributed by atoms with van der Waals surface area (Å²) in [5.41, 5.74) is 5.27. The number of aromatic nitrogens is 1. The first-order valence-electron chi connectivity index (χ1n) is 10.3. The van der Waals surface area contributed by atoms with E-state index in [1.807, 2.05) is 49.7 Å². The van der Waals surface area contributed by atoms with Crippen molar-refractivity contribution < 1.29 is 19.4 Å². The summed E-state index contributed by atoms with van der Waals surface area (Å²) < 4.78 is 13.3. The molecule has 2 heterocycles. The number of hydrogen-bond acceptors (Lipinski definition) is 4. The summed E-state index contributed by atoms with van der Waals surface area (Å²) in [5, 5.41) is 13.8. The van der Waals surface area contributed by atoms with Gasteiger partial charge < -0.3 is 24.5 Å². The number of rotatable bonds is 6. The molecule has 30 heavy (non-hydrogen) atoms. The van der Waals surface area contributed by atoms with Gasteiger partial charge in [-0.2, -0.15) is 0 Å². The maximum absolute atomic E-state index is 12.8. The number of hydrogen-bond donors (Lipinski definition) is 2. The van der Waals surface area contributed by atoms with Crippen molar-refractivity contribution in [2.45, 2.75) is 39.4 Å². The number of aliphatic hydroxyl groups is 1. The average Bonchev–Trinajstić information content (AvgIpc) is 3.35. The van der Waals surface area contributed by atoms with E-state index in [0.29, 0.717) is 12.2 Å². The van der Waals surface area contributed by atoms with E-state index in [0.717, 1.165) is 58.6 Å². The van der Waals surface area contributed by atoms with Crippen LogP contribution in [0, 0.1) is 13.8 Å². The van der Waals surface area contributed by atoms with Crippen LogP contribution in [-0.2, 0) is 18.4 Å². The SMILES string of the molecule is Cc1c(CO)n(C)c2c(C)c(NC(=O)c3ccc(OC[C@@H]4CCCO4)cc3)ccc12. The summed E-state index contributed by atoms with van der Waals surface area (Å²) in [5.74, 6) is 0.562. The summed E-state index contributed by atoms with van der Waals surface area (Å²) in [7, 11) is 1.94. The predicted molar refractivity (Wildman–Crippen MR) is 117 cm³/mol. The standard InChI is InChI=1S/C24H28N2O4/c1-15-20-10-11-21(16(2)23(20)26(3)22(15)13-27)25-24(28)17-6-8-18(9-7-17)30-14-19-5-4-12-29-19/h6-11,19,27H,4-5,12-14H2,1-3H3,(H,25,28)/t19-/m0/s1. The van der Waals surface area contributed by atoms with Crippen LogP contribution in [-0.4, -0.2) is 34.9 Å². The molecular weight excluding hydrogens is 380 g/mol. The minimum Gasteiger partial charge on any atom is -0.491 e. The number of aliphatic hydroxyl groups excluding tert-OH is 1. The Hall–Kier alpha value is -2.83. The molecule has 1 aromatic heterocycles. The Bertz CT molecular complexity index is 1060. The van der Waals surface area contributed by atoms with E-state index in [9.17, 15) is 9.90 Å². The van der Waals surface area contributed by atoms with E-state index in [1.54, 1.807) is 12.1 Å². The number of carbonyl (C=O) groups is 1. The van der Waals surface area contributed by atoms with Crippen molar-refractivity contribution in [3.63, 3.8) is 0 Å². The second-order valence-corrected chi connectivity index (χ2v) is 7.85. The third-order valence-corrected chi connectivity index (χ3v) is 5.98. The van der Waals surface area contributed by atoms with Crippen LogP contribution in [0.25, 0.3) is 10.9 Å². The molecule has 1 amide bonds. The minimum absolute atomic E-state index is 0.0144. The molecule has 2 aromatic carbocycles.